The monoisotopic (exact) mass is 251 g/mol. The first-order valence-corrected chi connectivity index (χ1v) is 5.93. The third-order valence-corrected chi connectivity index (χ3v) is 3.35. The van der Waals surface area contributed by atoms with Gasteiger partial charge in [-0.25, -0.2) is 21.9 Å². The number of rotatable bonds is 4. The second-order valence-electron chi connectivity index (χ2n) is 3.31. The van der Waals surface area contributed by atoms with Gasteiger partial charge in [-0.3, -0.25) is 0 Å². The molecule has 0 amide bonds. The van der Waals surface area contributed by atoms with Crippen LogP contribution in [0, 0.1) is 11.6 Å². The molecule has 0 saturated heterocycles. The summed E-state index contributed by atoms with van der Waals surface area (Å²) in [5.41, 5.74) is 0. The molecule has 1 aromatic rings. The van der Waals surface area contributed by atoms with E-state index < -0.39 is 39.2 Å². The molecule has 0 bridgehead atoms. The van der Waals surface area contributed by atoms with E-state index >= 15 is 0 Å². The van der Waals surface area contributed by atoms with Crippen molar-refractivity contribution in [2.45, 2.75) is 17.9 Å². The maximum Gasteiger partial charge on any atom is 0.241 e. The Labute approximate surface area is 92.0 Å². The van der Waals surface area contributed by atoms with Crippen LogP contribution in [0.15, 0.2) is 23.1 Å². The van der Waals surface area contributed by atoms with E-state index in [4.69, 9.17) is 5.11 Å². The molecular weight excluding hydrogens is 240 g/mol. The molecule has 0 radical (unpaired) electrons. The van der Waals surface area contributed by atoms with E-state index in [-0.39, 0.29) is 0 Å². The fourth-order valence-electron chi connectivity index (χ4n) is 1.05. The van der Waals surface area contributed by atoms with Gasteiger partial charge in [-0.2, -0.15) is 0 Å². The van der Waals surface area contributed by atoms with Crippen LogP contribution in [0.1, 0.15) is 6.92 Å². The van der Waals surface area contributed by atoms with Gasteiger partial charge < -0.3 is 5.11 Å². The lowest BCUT2D eigenvalue weighted by atomic mass is 10.3. The van der Waals surface area contributed by atoms with Gasteiger partial charge in [0.25, 0.3) is 0 Å². The van der Waals surface area contributed by atoms with Crippen molar-refractivity contribution in [2.75, 3.05) is 6.61 Å². The number of hydrogen-bond acceptors (Lipinski definition) is 3. The predicted octanol–water partition coefficient (Wildman–Crippen LogP) is 0.624. The Balaban J connectivity index is 3.07. The molecule has 0 aromatic heterocycles. The minimum Gasteiger partial charge on any atom is -0.395 e. The van der Waals surface area contributed by atoms with E-state index in [9.17, 15) is 17.2 Å². The van der Waals surface area contributed by atoms with Gasteiger partial charge in [-0.15, -0.1) is 0 Å². The van der Waals surface area contributed by atoms with E-state index in [0.717, 1.165) is 0 Å². The number of aliphatic hydroxyl groups excluding tert-OH is 1. The Kier molecular flexibility index (Phi) is 3.95. The summed E-state index contributed by atoms with van der Waals surface area (Å²) in [5, 5.41) is 8.68. The van der Waals surface area contributed by atoms with Crippen molar-refractivity contribution >= 4 is 10.0 Å². The molecule has 16 heavy (non-hydrogen) atoms. The van der Waals surface area contributed by atoms with Crippen molar-refractivity contribution in [1.82, 2.24) is 4.72 Å². The third kappa shape index (κ3) is 3.22. The fourth-order valence-corrected chi connectivity index (χ4v) is 2.33. The first-order chi connectivity index (χ1) is 7.35. The topological polar surface area (TPSA) is 66.4 Å². The van der Waals surface area contributed by atoms with Crippen LogP contribution >= 0.6 is 0 Å². The van der Waals surface area contributed by atoms with Crippen molar-refractivity contribution < 1.29 is 22.3 Å². The number of benzene rings is 1. The average Bonchev–Trinajstić information content (AvgIpc) is 2.15. The van der Waals surface area contributed by atoms with Gasteiger partial charge in [-0.05, 0) is 19.1 Å². The minimum atomic E-state index is -4.01. The van der Waals surface area contributed by atoms with Crippen molar-refractivity contribution in [3.05, 3.63) is 29.8 Å². The van der Waals surface area contributed by atoms with Crippen molar-refractivity contribution in [3.63, 3.8) is 0 Å². The molecule has 1 atom stereocenters. The molecule has 0 saturated carbocycles. The molecule has 0 aliphatic rings. The molecule has 1 rings (SSSR count). The minimum absolute atomic E-state index is 0.406. The molecule has 0 spiro atoms. The van der Waals surface area contributed by atoms with Crippen LogP contribution in [0.5, 0.6) is 0 Å². The fraction of sp³-hybridized carbons (Fsp3) is 0.333. The zero-order valence-electron chi connectivity index (χ0n) is 8.44. The molecule has 90 valence electrons. The quantitative estimate of drug-likeness (QED) is 0.824. The maximum atomic E-state index is 12.8. The highest BCUT2D eigenvalue weighted by atomic mass is 32.2. The Bertz CT molecular complexity index is 455. The van der Waals surface area contributed by atoms with Crippen molar-refractivity contribution in [3.8, 4) is 0 Å². The van der Waals surface area contributed by atoms with E-state index in [1.54, 1.807) is 0 Å². The summed E-state index contributed by atoms with van der Waals surface area (Å²) >= 11 is 0. The lowest BCUT2D eigenvalue weighted by Crippen LogP contribution is -2.35. The van der Waals surface area contributed by atoms with E-state index in [0.29, 0.717) is 18.2 Å². The maximum absolute atomic E-state index is 12.8. The van der Waals surface area contributed by atoms with Crippen LogP contribution < -0.4 is 4.72 Å². The number of halogens is 2. The van der Waals surface area contributed by atoms with Gasteiger partial charge in [0.05, 0.1) is 11.5 Å². The summed E-state index contributed by atoms with van der Waals surface area (Å²) in [6.07, 6.45) is 0. The summed E-state index contributed by atoms with van der Waals surface area (Å²) in [4.78, 5) is -0.509. The second kappa shape index (κ2) is 4.86. The first kappa shape index (κ1) is 13.0. The Morgan fingerprint density at radius 2 is 1.81 bits per heavy atom. The summed E-state index contributed by atoms with van der Waals surface area (Å²) in [6.45, 7) is 1.02. The summed E-state index contributed by atoms with van der Waals surface area (Å²) < 4.78 is 50.8. The average molecular weight is 251 g/mol. The number of aliphatic hydroxyl groups is 1. The van der Waals surface area contributed by atoms with Crippen LogP contribution in [0.25, 0.3) is 0 Å². The van der Waals surface area contributed by atoms with Crippen LogP contribution in [0.4, 0.5) is 8.78 Å². The largest absolute Gasteiger partial charge is 0.395 e. The van der Waals surface area contributed by atoms with Gasteiger partial charge in [0.2, 0.25) is 10.0 Å². The molecular formula is C9H11F2NO3S. The zero-order valence-corrected chi connectivity index (χ0v) is 9.26. The second-order valence-corrected chi connectivity index (χ2v) is 5.02. The Morgan fingerprint density at radius 3 is 2.25 bits per heavy atom. The van der Waals surface area contributed by atoms with Gasteiger partial charge in [0.1, 0.15) is 11.6 Å². The van der Waals surface area contributed by atoms with Crippen LogP contribution in [0.3, 0.4) is 0 Å². The number of sulfonamides is 1. The van der Waals surface area contributed by atoms with Crippen LogP contribution in [0.2, 0.25) is 0 Å². The number of nitrogens with one attached hydrogen (secondary N) is 1. The lowest BCUT2D eigenvalue weighted by Gasteiger charge is -2.11. The smallest absolute Gasteiger partial charge is 0.241 e. The van der Waals surface area contributed by atoms with Crippen LogP contribution in [-0.2, 0) is 10.0 Å². The Hall–Kier alpha value is -1.05. The predicted molar refractivity (Wildman–Crippen MR) is 53.2 cm³/mol. The molecule has 7 heteroatoms. The van der Waals surface area contributed by atoms with Gasteiger partial charge in [0, 0.05) is 12.1 Å². The zero-order chi connectivity index (χ0) is 12.3. The molecule has 4 nitrogen and oxygen atoms in total. The molecule has 0 heterocycles. The van der Waals surface area contributed by atoms with Crippen molar-refractivity contribution in [2.24, 2.45) is 0 Å². The first-order valence-electron chi connectivity index (χ1n) is 4.44. The standard InChI is InChI=1S/C9H11F2NO3S/c1-6(5-13)12-16(14,15)9-3-7(10)2-8(11)4-9/h2-4,6,12-13H,5H2,1H3/t6-/m1/s1. The van der Waals surface area contributed by atoms with Crippen LogP contribution in [-0.4, -0.2) is 26.2 Å². The summed E-state index contributed by atoms with van der Waals surface area (Å²) in [6, 6.07) is 1.26. The molecule has 0 fully saturated rings. The number of hydrogen-bond donors (Lipinski definition) is 2. The molecule has 1 aromatic carbocycles. The van der Waals surface area contributed by atoms with Gasteiger partial charge >= 0.3 is 0 Å². The van der Waals surface area contributed by atoms with E-state index in [1.807, 2.05) is 0 Å². The molecule has 2 N–H and O–H groups in total. The molecule has 0 aliphatic carbocycles. The molecule has 0 aliphatic heterocycles. The summed E-state index contributed by atoms with van der Waals surface area (Å²) in [5.74, 6) is -1.95. The molecule has 0 unspecified atom stereocenters. The summed E-state index contributed by atoms with van der Waals surface area (Å²) in [7, 11) is -4.01. The highest BCUT2D eigenvalue weighted by Crippen LogP contribution is 2.13. The third-order valence-electron chi connectivity index (χ3n) is 1.78. The normalized spacial score (nSPS) is 13.8. The Morgan fingerprint density at radius 1 is 1.31 bits per heavy atom. The van der Waals surface area contributed by atoms with Gasteiger partial charge in [0.15, 0.2) is 0 Å². The lowest BCUT2D eigenvalue weighted by molar-refractivity contribution is 0.265. The van der Waals surface area contributed by atoms with Crippen molar-refractivity contribution in [1.29, 1.82) is 0 Å². The van der Waals surface area contributed by atoms with E-state index in [1.165, 1.54) is 6.92 Å². The highest BCUT2D eigenvalue weighted by Gasteiger charge is 2.18. The SMILES string of the molecule is C[C@H](CO)NS(=O)(=O)c1cc(F)cc(F)c1. The highest BCUT2D eigenvalue weighted by molar-refractivity contribution is 7.89. The van der Waals surface area contributed by atoms with E-state index in [2.05, 4.69) is 4.72 Å². The van der Waals surface area contributed by atoms with Gasteiger partial charge in [-0.1, -0.05) is 0 Å².